The van der Waals surface area contributed by atoms with E-state index in [0.29, 0.717) is 52.9 Å². The van der Waals surface area contributed by atoms with Crippen molar-refractivity contribution in [1.29, 1.82) is 0 Å². The Morgan fingerprint density at radius 1 is 1.06 bits per heavy atom. The minimum absolute atomic E-state index is 0.158. The number of benzene rings is 3. The molecule has 1 saturated heterocycles. The number of halogens is 2. The molecule has 0 aliphatic carbocycles. The summed E-state index contributed by atoms with van der Waals surface area (Å²) >= 11 is 0. The molecule has 1 unspecified atom stereocenters. The first-order valence-electron chi connectivity index (χ1n) is 9.92. The number of fused-ring (bicyclic) bond motifs is 1. The monoisotopic (exact) mass is 445 g/mol. The molecule has 1 N–H and O–H groups in total. The average Bonchev–Trinajstić information content (AvgIpc) is 2.74. The quantitative estimate of drug-likeness (QED) is 0.614. The number of carbonyl (C=O) groups is 1. The van der Waals surface area contributed by atoms with Gasteiger partial charge in [-0.05, 0) is 60.2 Å². The lowest BCUT2D eigenvalue weighted by Crippen LogP contribution is -2.39. The van der Waals surface area contributed by atoms with Gasteiger partial charge in [-0.3, -0.25) is 4.79 Å². The molecule has 5 nitrogen and oxygen atoms in total. The van der Waals surface area contributed by atoms with Gasteiger partial charge in [0.15, 0.2) is 0 Å². The standard InChI is InChI=1S/C23H21F2NO4S/c24-17-2-1-3-20(13-17)31(29)26-8-6-19(7-9-26)30-22-11-15(12-23(27)28)10-16-4-5-18(25)14-21(16)22/h1-5,10-11,13-14,19H,6-9,12H2,(H,27,28). The van der Waals surface area contributed by atoms with Crippen molar-refractivity contribution < 1.29 is 27.6 Å². The molecule has 8 heteroatoms. The van der Waals surface area contributed by atoms with Crippen LogP contribution in [0, 0.1) is 11.6 Å². The van der Waals surface area contributed by atoms with Gasteiger partial charge in [0.2, 0.25) is 0 Å². The number of piperidine rings is 1. The Balaban J connectivity index is 1.49. The summed E-state index contributed by atoms with van der Waals surface area (Å²) in [6, 6.07) is 13.4. The molecular formula is C23H21F2NO4S. The Bertz CT molecular complexity index is 1150. The summed E-state index contributed by atoms with van der Waals surface area (Å²) in [5.74, 6) is -1.34. The summed E-state index contributed by atoms with van der Waals surface area (Å²) in [6.45, 7) is 0.990. The highest BCUT2D eigenvalue weighted by Gasteiger charge is 2.25. The molecule has 3 aromatic carbocycles. The highest BCUT2D eigenvalue weighted by atomic mass is 32.2. The van der Waals surface area contributed by atoms with Crippen LogP contribution in [0.25, 0.3) is 10.8 Å². The van der Waals surface area contributed by atoms with Crippen LogP contribution < -0.4 is 4.74 Å². The summed E-state index contributed by atoms with van der Waals surface area (Å²) in [5, 5.41) is 10.4. The van der Waals surface area contributed by atoms with E-state index in [0.717, 1.165) is 0 Å². The topological polar surface area (TPSA) is 66.8 Å². The van der Waals surface area contributed by atoms with E-state index in [-0.39, 0.29) is 12.5 Å². The van der Waals surface area contributed by atoms with Crippen LogP contribution in [-0.4, -0.2) is 38.8 Å². The van der Waals surface area contributed by atoms with E-state index < -0.39 is 28.6 Å². The van der Waals surface area contributed by atoms with Gasteiger partial charge in [-0.1, -0.05) is 18.2 Å². The third-order valence-corrected chi connectivity index (χ3v) is 6.71. The van der Waals surface area contributed by atoms with Gasteiger partial charge in [0.05, 0.1) is 11.3 Å². The molecule has 1 heterocycles. The maximum atomic E-state index is 13.8. The third kappa shape index (κ3) is 5.08. The van der Waals surface area contributed by atoms with E-state index in [1.165, 1.54) is 30.3 Å². The predicted octanol–water partition coefficient (Wildman–Crippen LogP) is 4.31. The van der Waals surface area contributed by atoms with Gasteiger partial charge in [-0.25, -0.2) is 17.3 Å². The Morgan fingerprint density at radius 2 is 1.81 bits per heavy atom. The van der Waals surface area contributed by atoms with Crippen LogP contribution >= 0.6 is 0 Å². The number of rotatable bonds is 6. The highest BCUT2D eigenvalue weighted by Crippen LogP contribution is 2.31. The zero-order valence-electron chi connectivity index (χ0n) is 16.6. The lowest BCUT2D eigenvalue weighted by molar-refractivity contribution is -0.136. The Hall–Kier alpha value is -2.84. The largest absolute Gasteiger partial charge is 0.490 e. The maximum absolute atomic E-state index is 13.8. The number of hydrogen-bond donors (Lipinski definition) is 1. The fourth-order valence-electron chi connectivity index (χ4n) is 3.75. The van der Waals surface area contributed by atoms with E-state index in [9.17, 15) is 17.8 Å². The van der Waals surface area contributed by atoms with Gasteiger partial charge < -0.3 is 9.84 Å². The number of nitrogens with zero attached hydrogens (tertiary/aromatic N) is 1. The summed E-state index contributed by atoms with van der Waals surface area (Å²) < 4.78 is 47.9. The van der Waals surface area contributed by atoms with Crippen molar-refractivity contribution in [3.05, 3.63) is 71.8 Å². The van der Waals surface area contributed by atoms with Crippen molar-refractivity contribution >= 4 is 27.7 Å². The second-order valence-corrected chi connectivity index (χ2v) is 8.97. The summed E-state index contributed by atoms with van der Waals surface area (Å²) in [4.78, 5) is 11.6. The molecule has 3 aromatic rings. The number of carboxylic acids is 1. The first-order valence-corrected chi connectivity index (χ1v) is 11.0. The summed E-state index contributed by atoms with van der Waals surface area (Å²) in [5.41, 5.74) is 0.575. The average molecular weight is 445 g/mol. The molecule has 0 spiro atoms. The molecule has 1 atom stereocenters. The number of carboxylic acid groups (broad SMARTS) is 1. The maximum Gasteiger partial charge on any atom is 0.307 e. The molecule has 0 bridgehead atoms. The van der Waals surface area contributed by atoms with Crippen molar-refractivity contribution in [2.75, 3.05) is 13.1 Å². The van der Waals surface area contributed by atoms with Crippen LogP contribution in [0.2, 0.25) is 0 Å². The fourth-order valence-corrected chi connectivity index (χ4v) is 5.00. The van der Waals surface area contributed by atoms with Crippen LogP contribution in [0.4, 0.5) is 8.78 Å². The smallest absolute Gasteiger partial charge is 0.307 e. The first kappa shape index (κ1) is 21.4. The lowest BCUT2D eigenvalue weighted by atomic mass is 10.0. The normalized spacial score (nSPS) is 16.3. The Labute approximate surface area is 180 Å². The highest BCUT2D eigenvalue weighted by molar-refractivity contribution is 7.82. The zero-order valence-corrected chi connectivity index (χ0v) is 17.4. The van der Waals surface area contributed by atoms with E-state index >= 15 is 0 Å². The van der Waals surface area contributed by atoms with Crippen molar-refractivity contribution in [2.24, 2.45) is 0 Å². The van der Waals surface area contributed by atoms with Crippen LogP contribution in [0.3, 0.4) is 0 Å². The SMILES string of the molecule is O=C(O)Cc1cc(OC2CCN(S(=O)c3cccc(F)c3)CC2)c2cc(F)ccc2c1. The van der Waals surface area contributed by atoms with E-state index in [2.05, 4.69) is 0 Å². The van der Waals surface area contributed by atoms with E-state index in [1.807, 2.05) is 0 Å². The minimum Gasteiger partial charge on any atom is -0.490 e. The van der Waals surface area contributed by atoms with Crippen molar-refractivity contribution in [2.45, 2.75) is 30.3 Å². The molecule has 0 saturated carbocycles. The second-order valence-electron chi connectivity index (χ2n) is 7.48. The van der Waals surface area contributed by atoms with Crippen molar-refractivity contribution in [3.8, 4) is 5.75 Å². The van der Waals surface area contributed by atoms with E-state index in [1.54, 1.807) is 28.6 Å². The van der Waals surface area contributed by atoms with Crippen LogP contribution in [0.1, 0.15) is 18.4 Å². The van der Waals surface area contributed by atoms with Crippen LogP contribution in [0.5, 0.6) is 5.75 Å². The first-order chi connectivity index (χ1) is 14.9. The molecule has 162 valence electrons. The van der Waals surface area contributed by atoms with Gasteiger partial charge >= 0.3 is 5.97 Å². The zero-order chi connectivity index (χ0) is 22.0. The fraction of sp³-hybridized carbons (Fsp3) is 0.261. The van der Waals surface area contributed by atoms with Crippen LogP contribution in [-0.2, 0) is 22.2 Å². The van der Waals surface area contributed by atoms with Crippen molar-refractivity contribution in [1.82, 2.24) is 4.31 Å². The lowest BCUT2D eigenvalue weighted by Gasteiger charge is -2.31. The van der Waals surface area contributed by atoms with E-state index in [4.69, 9.17) is 9.84 Å². The second kappa shape index (κ2) is 9.11. The van der Waals surface area contributed by atoms with Gasteiger partial charge in [-0.2, -0.15) is 0 Å². The molecule has 1 aliphatic rings. The van der Waals surface area contributed by atoms with Gasteiger partial charge in [0, 0.05) is 18.5 Å². The molecular weight excluding hydrogens is 424 g/mol. The van der Waals surface area contributed by atoms with Gasteiger partial charge in [0.1, 0.15) is 34.5 Å². The molecule has 1 aliphatic heterocycles. The Kier molecular flexibility index (Phi) is 6.29. The number of aliphatic carboxylic acids is 1. The third-order valence-electron chi connectivity index (χ3n) is 5.22. The van der Waals surface area contributed by atoms with Gasteiger partial charge in [0.25, 0.3) is 0 Å². The molecule has 1 fully saturated rings. The molecule has 0 radical (unpaired) electrons. The number of ether oxygens (including phenoxy) is 1. The van der Waals surface area contributed by atoms with Crippen LogP contribution in [0.15, 0.2) is 59.5 Å². The molecule has 4 rings (SSSR count). The summed E-state index contributed by atoms with van der Waals surface area (Å²) in [7, 11) is -1.45. The molecule has 0 amide bonds. The number of hydrogen-bond acceptors (Lipinski definition) is 3. The van der Waals surface area contributed by atoms with Crippen molar-refractivity contribution in [3.63, 3.8) is 0 Å². The predicted molar refractivity (Wildman–Crippen MR) is 113 cm³/mol. The van der Waals surface area contributed by atoms with Gasteiger partial charge in [-0.15, -0.1) is 0 Å². The molecule has 31 heavy (non-hydrogen) atoms. The summed E-state index contributed by atoms with van der Waals surface area (Å²) in [6.07, 6.45) is 0.823. The molecule has 0 aromatic heterocycles. The Morgan fingerprint density at radius 3 is 2.52 bits per heavy atom. The minimum atomic E-state index is -1.45.